The maximum atomic E-state index is 11.9. The number of nitrogens with zero attached hydrogens (tertiary/aromatic N) is 2. The summed E-state index contributed by atoms with van der Waals surface area (Å²) >= 11 is 0. The van der Waals surface area contributed by atoms with Crippen LogP contribution < -0.4 is 9.47 Å². The molecule has 0 radical (unpaired) electrons. The van der Waals surface area contributed by atoms with Crippen LogP contribution in [0.15, 0.2) is 36.4 Å². The topological polar surface area (TPSA) is 70.5 Å². The van der Waals surface area contributed by atoms with Crippen molar-refractivity contribution in [2.24, 2.45) is 0 Å². The summed E-state index contributed by atoms with van der Waals surface area (Å²) in [5.41, 5.74) is 0.885. The first-order chi connectivity index (χ1) is 9.72. The fraction of sp³-hybridized carbons (Fsp3) is 0.214. The van der Waals surface area contributed by atoms with E-state index in [1.54, 1.807) is 0 Å². The van der Waals surface area contributed by atoms with Crippen LogP contribution in [-0.4, -0.2) is 30.2 Å². The molecule has 0 spiro atoms. The third-order valence-electron chi connectivity index (χ3n) is 2.49. The molecule has 0 aliphatic rings. The Hall–Kier alpha value is -2.63. The monoisotopic (exact) mass is 274 g/mol. The molecule has 6 nitrogen and oxygen atoms in total. The number of rotatable bonds is 5. The Morgan fingerprint density at radius 1 is 1.05 bits per heavy atom. The third kappa shape index (κ3) is 3.44. The van der Waals surface area contributed by atoms with Gasteiger partial charge in [0.1, 0.15) is 6.61 Å². The summed E-state index contributed by atoms with van der Waals surface area (Å²) in [6, 6.07) is 10.8. The smallest absolute Gasteiger partial charge is 0.376 e. The SMILES string of the molecule is COc1cc(OC)nc(C(=O)OCc2ccccc2)n1. The lowest BCUT2D eigenvalue weighted by atomic mass is 10.2. The van der Waals surface area contributed by atoms with Gasteiger partial charge in [-0.3, -0.25) is 0 Å². The first-order valence-electron chi connectivity index (χ1n) is 5.91. The van der Waals surface area contributed by atoms with Gasteiger partial charge in [-0.1, -0.05) is 30.3 Å². The van der Waals surface area contributed by atoms with E-state index in [2.05, 4.69) is 9.97 Å². The number of esters is 1. The number of methoxy groups -OCH3 is 2. The van der Waals surface area contributed by atoms with Crippen LogP contribution in [0.25, 0.3) is 0 Å². The second kappa shape index (κ2) is 6.51. The molecular weight excluding hydrogens is 260 g/mol. The molecule has 0 aliphatic heterocycles. The van der Waals surface area contributed by atoms with Gasteiger partial charge in [0.2, 0.25) is 17.6 Å². The van der Waals surface area contributed by atoms with E-state index in [1.807, 2.05) is 30.3 Å². The molecule has 2 aromatic rings. The summed E-state index contributed by atoms with van der Waals surface area (Å²) in [5.74, 6) is -0.254. The number of ether oxygens (including phenoxy) is 3. The highest BCUT2D eigenvalue weighted by Gasteiger charge is 2.15. The van der Waals surface area contributed by atoms with Crippen LogP contribution in [0.3, 0.4) is 0 Å². The normalized spacial score (nSPS) is 9.90. The second-order valence-electron chi connectivity index (χ2n) is 3.84. The van der Waals surface area contributed by atoms with Crippen molar-refractivity contribution in [2.75, 3.05) is 14.2 Å². The van der Waals surface area contributed by atoms with Crippen LogP contribution >= 0.6 is 0 Å². The summed E-state index contributed by atoms with van der Waals surface area (Å²) in [6.45, 7) is 0.155. The van der Waals surface area contributed by atoms with Gasteiger partial charge in [0.15, 0.2) is 0 Å². The van der Waals surface area contributed by atoms with Gasteiger partial charge in [0.05, 0.1) is 20.3 Å². The molecule has 104 valence electrons. The van der Waals surface area contributed by atoms with E-state index in [4.69, 9.17) is 14.2 Å². The summed E-state index contributed by atoms with van der Waals surface area (Å²) in [5, 5.41) is 0. The minimum absolute atomic E-state index is 0.0999. The molecule has 6 heteroatoms. The molecule has 0 atom stereocenters. The van der Waals surface area contributed by atoms with Crippen molar-refractivity contribution < 1.29 is 19.0 Å². The Morgan fingerprint density at radius 2 is 1.65 bits per heavy atom. The van der Waals surface area contributed by atoms with Crippen LogP contribution in [-0.2, 0) is 11.3 Å². The molecule has 0 saturated carbocycles. The van der Waals surface area contributed by atoms with E-state index < -0.39 is 5.97 Å². The molecule has 0 unspecified atom stereocenters. The van der Waals surface area contributed by atoms with Gasteiger partial charge in [-0.2, -0.15) is 9.97 Å². The van der Waals surface area contributed by atoms with E-state index >= 15 is 0 Å². The van der Waals surface area contributed by atoms with Gasteiger partial charge in [-0.15, -0.1) is 0 Å². The van der Waals surface area contributed by atoms with Crippen LogP contribution in [0, 0.1) is 0 Å². The third-order valence-corrected chi connectivity index (χ3v) is 2.49. The van der Waals surface area contributed by atoms with E-state index in [1.165, 1.54) is 20.3 Å². The van der Waals surface area contributed by atoms with Crippen LogP contribution in [0.2, 0.25) is 0 Å². The van der Waals surface area contributed by atoms with E-state index in [-0.39, 0.29) is 24.2 Å². The molecule has 1 aromatic heterocycles. The highest BCUT2D eigenvalue weighted by molar-refractivity contribution is 5.85. The Balaban J connectivity index is 2.08. The average Bonchev–Trinajstić information content (AvgIpc) is 2.52. The van der Waals surface area contributed by atoms with Gasteiger partial charge in [0, 0.05) is 0 Å². The zero-order valence-electron chi connectivity index (χ0n) is 11.2. The van der Waals surface area contributed by atoms with Crippen molar-refractivity contribution in [1.29, 1.82) is 0 Å². The van der Waals surface area contributed by atoms with Crippen molar-refractivity contribution >= 4 is 5.97 Å². The number of aromatic nitrogens is 2. The van der Waals surface area contributed by atoms with Crippen molar-refractivity contribution in [3.63, 3.8) is 0 Å². The maximum absolute atomic E-state index is 11.9. The Kier molecular flexibility index (Phi) is 4.49. The number of benzene rings is 1. The predicted molar refractivity (Wildman–Crippen MR) is 70.7 cm³/mol. The number of carbonyl (C=O) groups is 1. The quantitative estimate of drug-likeness (QED) is 0.775. The van der Waals surface area contributed by atoms with Crippen molar-refractivity contribution in [3.8, 4) is 11.8 Å². The van der Waals surface area contributed by atoms with Gasteiger partial charge in [-0.05, 0) is 5.56 Å². The molecule has 1 aromatic carbocycles. The summed E-state index contributed by atoms with van der Waals surface area (Å²) in [4.78, 5) is 19.7. The fourth-order valence-corrected chi connectivity index (χ4v) is 1.49. The first-order valence-corrected chi connectivity index (χ1v) is 5.91. The molecule has 0 bridgehead atoms. The second-order valence-corrected chi connectivity index (χ2v) is 3.84. The molecule has 0 N–H and O–H groups in total. The van der Waals surface area contributed by atoms with Gasteiger partial charge in [-0.25, -0.2) is 4.79 Å². The molecule has 1 heterocycles. The van der Waals surface area contributed by atoms with Gasteiger partial charge < -0.3 is 14.2 Å². The number of hydrogen-bond acceptors (Lipinski definition) is 6. The summed E-state index contributed by atoms with van der Waals surface area (Å²) in [7, 11) is 2.89. The Labute approximate surface area is 116 Å². The lowest BCUT2D eigenvalue weighted by Crippen LogP contribution is -2.11. The predicted octanol–water partition coefficient (Wildman–Crippen LogP) is 1.85. The Morgan fingerprint density at radius 3 is 2.20 bits per heavy atom. The molecule has 2 rings (SSSR count). The zero-order valence-corrected chi connectivity index (χ0v) is 11.2. The maximum Gasteiger partial charge on any atom is 0.376 e. The Bertz CT molecular complexity index is 565. The molecule has 0 saturated heterocycles. The highest BCUT2D eigenvalue weighted by atomic mass is 16.5. The first kappa shape index (κ1) is 13.8. The van der Waals surface area contributed by atoms with Crippen molar-refractivity contribution in [3.05, 3.63) is 47.8 Å². The van der Waals surface area contributed by atoms with Crippen LogP contribution in [0.4, 0.5) is 0 Å². The van der Waals surface area contributed by atoms with Crippen LogP contribution in [0.1, 0.15) is 16.2 Å². The molecule has 0 amide bonds. The lowest BCUT2D eigenvalue weighted by Gasteiger charge is -2.07. The fourth-order valence-electron chi connectivity index (χ4n) is 1.49. The van der Waals surface area contributed by atoms with E-state index in [0.29, 0.717) is 0 Å². The number of hydrogen-bond donors (Lipinski definition) is 0. The standard InChI is InChI=1S/C14H14N2O4/c1-18-11-8-12(19-2)16-13(15-11)14(17)20-9-10-6-4-3-5-7-10/h3-8H,9H2,1-2H3. The minimum Gasteiger partial charge on any atom is -0.481 e. The van der Waals surface area contributed by atoms with Crippen molar-refractivity contribution in [2.45, 2.75) is 6.61 Å². The zero-order chi connectivity index (χ0) is 14.4. The molecule has 20 heavy (non-hydrogen) atoms. The van der Waals surface area contributed by atoms with Gasteiger partial charge in [0.25, 0.3) is 0 Å². The molecule has 0 fully saturated rings. The largest absolute Gasteiger partial charge is 0.481 e. The molecule has 0 aliphatic carbocycles. The lowest BCUT2D eigenvalue weighted by molar-refractivity contribution is 0.0455. The summed E-state index contributed by atoms with van der Waals surface area (Å²) < 4.78 is 15.1. The van der Waals surface area contributed by atoms with Crippen molar-refractivity contribution in [1.82, 2.24) is 9.97 Å². The van der Waals surface area contributed by atoms with Gasteiger partial charge >= 0.3 is 5.97 Å². The van der Waals surface area contributed by atoms with E-state index in [9.17, 15) is 4.79 Å². The minimum atomic E-state index is -0.633. The highest BCUT2D eigenvalue weighted by Crippen LogP contribution is 2.15. The summed E-state index contributed by atoms with van der Waals surface area (Å²) in [6.07, 6.45) is 0. The van der Waals surface area contributed by atoms with Crippen LogP contribution in [0.5, 0.6) is 11.8 Å². The average molecular weight is 274 g/mol. The number of carbonyl (C=O) groups excluding carboxylic acids is 1. The molecular formula is C14H14N2O4. The van der Waals surface area contributed by atoms with E-state index in [0.717, 1.165) is 5.56 Å².